The Morgan fingerprint density at radius 1 is 1.05 bits per heavy atom. The molecule has 19 heavy (non-hydrogen) atoms. The van der Waals surface area contributed by atoms with Gasteiger partial charge in [0.2, 0.25) is 0 Å². The van der Waals surface area contributed by atoms with Crippen molar-refractivity contribution in [3.63, 3.8) is 0 Å². The molecule has 0 aromatic heterocycles. The van der Waals surface area contributed by atoms with Gasteiger partial charge in [-0.25, -0.2) is 0 Å². The molecule has 0 saturated carbocycles. The van der Waals surface area contributed by atoms with E-state index in [0.717, 1.165) is 26.1 Å². The van der Waals surface area contributed by atoms with Crippen LogP contribution in [-0.4, -0.2) is 31.1 Å². The molecule has 0 aliphatic heterocycles. The molecule has 1 aromatic rings. The minimum absolute atomic E-state index is 0.498. The van der Waals surface area contributed by atoms with Gasteiger partial charge in [-0.2, -0.15) is 0 Å². The van der Waals surface area contributed by atoms with Gasteiger partial charge in [0.15, 0.2) is 0 Å². The molecule has 0 heterocycles. The van der Waals surface area contributed by atoms with E-state index < -0.39 is 0 Å². The maximum absolute atomic E-state index is 3.68. The molecule has 0 amide bonds. The third-order valence-electron chi connectivity index (χ3n) is 3.82. The fourth-order valence-corrected chi connectivity index (χ4v) is 2.42. The maximum atomic E-state index is 3.68. The maximum Gasteiger partial charge on any atom is 0.0317 e. The van der Waals surface area contributed by atoms with Gasteiger partial charge in [0.1, 0.15) is 0 Å². The Labute approximate surface area is 119 Å². The van der Waals surface area contributed by atoms with E-state index in [4.69, 9.17) is 0 Å². The van der Waals surface area contributed by atoms with Crippen LogP contribution in [0.25, 0.3) is 0 Å². The van der Waals surface area contributed by atoms with Crippen LogP contribution in [0.1, 0.15) is 50.8 Å². The zero-order valence-corrected chi connectivity index (χ0v) is 13.1. The number of nitrogens with zero attached hydrogens (tertiary/aromatic N) is 1. The molecule has 0 aliphatic rings. The molecule has 1 rings (SSSR count). The van der Waals surface area contributed by atoms with Crippen LogP contribution in [-0.2, 0) is 0 Å². The van der Waals surface area contributed by atoms with Crippen molar-refractivity contribution in [1.29, 1.82) is 0 Å². The summed E-state index contributed by atoms with van der Waals surface area (Å²) in [5, 5.41) is 3.68. The van der Waals surface area contributed by atoms with Gasteiger partial charge in [-0.3, -0.25) is 0 Å². The Bertz CT molecular complexity index is 328. The third kappa shape index (κ3) is 5.75. The zero-order chi connectivity index (χ0) is 14.1. The highest BCUT2D eigenvalue weighted by Crippen LogP contribution is 2.16. The Kier molecular flexibility index (Phi) is 7.76. The predicted octanol–water partition coefficient (Wildman–Crippen LogP) is 3.77. The first kappa shape index (κ1) is 16.2. The van der Waals surface area contributed by atoms with Crippen molar-refractivity contribution < 1.29 is 0 Å². The topological polar surface area (TPSA) is 15.3 Å². The van der Waals surface area contributed by atoms with Crippen LogP contribution in [0.5, 0.6) is 0 Å². The average molecular weight is 262 g/mol. The van der Waals surface area contributed by atoms with Gasteiger partial charge >= 0.3 is 0 Å². The van der Waals surface area contributed by atoms with E-state index in [-0.39, 0.29) is 0 Å². The lowest BCUT2D eigenvalue weighted by atomic mass is 10.0. The molecule has 1 N–H and O–H groups in total. The first-order chi connectivity index (χ1) is 9.21. The molecule has 0 bridgehead atoms. The first-order valence-corrected chi connectivity index (χ1v) is 7.73. The van der Waals surface area contributed by atoms with Crippen molar-refractivity contribution in [2.75, 3.05) is 26.2 Å². The standard InChI is InChI=1S/C17H30N2/c1-5-17(16-11-9-15(4)10-12-16)18-13-8-14-19(6-2)7-3/h9-12,17-18H,5-8,13-14H2,1-4H3. The molecule has 0 fully saturated rings. The average Bonchev–Trinajstić information content (AvgIpc) is 2.44. The molecule has 1 aromatic carbocycles. The summed E-state index contributed by atoms with van der Waals surface area (Å²) < 4.78 is 0. The Morgan fingerprint density at radius 2 is 1.68 bits per heavy atom. The van der Waals surface area contributed by atoms with Gasteiger partial charge < -0.3 is 10.2 Å². The molecular formula is C17H30N2. The molecule has 0 aliphatic carbocycles. The van der Waals surface area contributed by atoms with Crippen LogP contribution < -0.4 is 5.32 Å². The number of nitrogens with one attached hydrogen (secondary N) is 1. The van der Waals surface area contributed by atoms with Crippen LogP contribution >= 0.6 is 0 Å². The van der Waals surface area contributed by atoms with Crippen LogP contribution in [0, 0.1) is 6.92 Å². The second-order valence-electron chi connectivity index (χ2n) is 5.21. The van der Waals surface area contributed by atoms with Crippen LogP contribution in [0.3, 0.4) is 0 Å². The molecule has 0 radical (unpaired) electrons. The molecule has 1 atom stereocenters. The summed E-state index contributed by atoms with van der Waals surface area (Å²) in [5.74, 6) is 0. The van der Waals surface area contributed by atoms with E-state index in [2.05, 4.69) is 62.2 Å². The fourth-order valence-electron chi connectivity index (χ4n) is 2.42. The van der Waals surface area contributed by atoms with Crippen molar-refractivity contribution in [3.05, 3.63) is 35.4 Å². The minimum atomic E-state index is 0.498. The highest BCUT2D eigenvalue weighted by atomic mass is 15.1. The van der Waals surface area contributed by atoms with Crippen molar-refractivity contribution in [2.45, 2.75) is 46.6 Å². The van der Waals surface area contributed by atoms with Gasteiger partial charge in [-0.15, -0.1) is 0 Å². The quantitative estimate of drug-likeness (QED) is 0.682. The summed E-state index contributed by atoms with van der Waals surface area (Å²) >= 11 is 0. The van der Waals surface area contributed by atoms with Crippen molar-refractivity contribution in [1.82, 2.24) is 10.2 Å². The first-order valence-electron chi connectivity index (χ1n) is 7.73. The van der Waals surface area contributed by atoms with Crippen molar-refractivity contribution in [3.8, 4) is 0 Å². The second kappa shape index (κ2) is 9.11. The van der Waals surface area contributed by atoms with Gasteiger partial charge in [0, 0.05) is 6.04 Å². The molecule has 1 unspecified atom stereocenters. The Morgan fingerprint density at radius 3 is 2.21 bits per heavy atom. The fraction of sp³-hybridized carbons (Fsp3) is 0.647. The summed E-state index contributed by atoms with van der Waals surface area (Å²) in [4.78, 5) is 2.48. The van der Waals surface area contributed by atoms with Crippen molar-refractivity contribution >= 4 is 0 Å². The number of benzene rings is 1. The van der Waals surface area contributed by atoms with E-state index in [1.165, 1.54) is 24.1 Å². The summed E-state index contributed by atoms with van der Waals surface area (Å²) in [6.07, 6.45) is 2.37. The van der Waals surface area contributed by atoms with Crippen LogP contribution in [0.15, 0.2) is 24.3 Å². The predicted molar refractivity (Wildman–Crippen MR) is 84.6 cm³/mol. The molecular weight excluding hydrogens is 232 g/mol. The van der Waals surface area contributed by atoms with Crippen molar-refractivity contribution in [2.24, 2.45) is 0 Å². The zero-order valence-electron chi connectivity index (χ0n) is 13.1. The molecule has 108 valence electrons. The number of aryl methyl sites for hydroxylation is 1. The molecule has 0 saturated heterocycles. The highest BCUT2D eigenvalue weighted by molar-refractivity contribution is 5.23. The largest absolute Gasteiger partial charge is 0.310 e. The Balaban J connectivity index is 2.35. The lowest BCUT2D eigenvalue weighted by Crippen LogP contribution is -2.28. The van der Waals surface area contributed by atoms with Crippen LogP contribution in [0.2, 0.25) is 0 Å². The van der Waals surface area contributed by atoms with E-state index in [1.807, 2.05) is 0 Å². The SMILES string of the molecule is CCC(NCCCN(CC)CC)c1ccc(C)cc1. The van der Waals surface area contributed by atoms with E-state index in [9.17, 15) is 0 Å². The second-order valence-corrected chi connectivity index (χ2v) is 5.21. The molecule has 2 nitrogen and oxygen atoms in total. The van der Waals surface area contributed by atoms with E-state index >= 15 is 0 Å². The van der Waals surface area contributed by atoms with E-state index in [1.54, 1.807) is 0 Å². The van der Waals surface area contributed by atoms with Gasteiger partial charge in [-0.1, -0.05) is 50.6 Å². The lowest BCUT2D eigenvalue weighted by molar-refractivity contribution is 0.295. The van der Waals surface area contributed by atoms with Gasteiger partial charge in [-0.05, 0) is 51.5 Å². The smallest absolute Gasteiger partial charge is 0.0317 e. The molecule has 2 heteroatoms. The number of hydrogen-bond donors (Lipinski definition) is 1. The summed E-state index contributed by atoms with van der Waals surface area (Å²) in [7, 11) is 0. The monoisotopic (exact) mass is 262 g/mol. The molecule has 0 spiro atoms. The summed E-state index contributed by atoms with van der Waals surface area (Å²) in [6, 6.07) is 9.41. The van der Waals surface area contributed by atoms with E-state index in [0.29, 0.717) is 6.04 Å². The third-order valence-corrected chi connectivity index (χ3v) is 3.82. The summed E-state index contributed by atoms with van der Waals surface area (Å²) in [5.41, 5.74) is 2.75. The number of rotatable bonds is 9. The lowest BCUT2D eigenvalue weighted by Gasteiger charge is -2.20. The van der Waals surface area contributed by atoms with Crippen LogP contribution in [0.4, 0.5) is 0 Å². The van der Waals surface area contributed by atoms with Gasteiger partial charge in [0.05, 0.1) is 0 Å². The Hall–Kier alpha value is -0.860. The van der Waals surface area contributed by atoms with Gasteiger partial charge in [0.25, 0.3) is 0 Å². The minimum Gasteiger partial charge on any atom is -0.310 e. The number of hydrogen-bond acceptors (Lipinski definition) is 2. The highest BCUT2D eigenvalue weighted by Gasteiger charge is 2.08. The summed E-state index contributed by atoms with van der Waals surface area (Å²) in [6.45, 7) is 13.5. The normalized spacial score (nSPS) is 12.9.